The number of rotatable bonds is 4. The molecule has 1 saturated heterocycles. The zero-order chi connectivity index (χ0) is 10.7. The Labute approximate surface area is 91.3 Å². The molecule has 84 valence electrons. The Balaban J connectivity index is 1.81. The summed E-state index contributed by atoms with van der Waals surface area (Å²) in [6.45, 7) is 3.30. The molecule has 1 aliphatic heterocycles. The van der Waals surface area contributed by atoms with Gasteiger partial charge in [-0.05, 0) is 26.4 Å². The van der Waals surface area contributed by atoms with E-state index in [9.17, 15) is 0 Å². The van der Waals surface area contributed by atoms with Gasteiger partial charge < -0.3 is 9.88 Å². The van der Waals surface area contributed by atoms with E-state index in [-0.39, 0.29) is 0 Å². The van der Waals surface area contributed by atoms with Crippen LogP contribution in [0, 0.1) is 0 Å². The van der Waals surface area contributed by atoms with E-state index in [1.165, 1.54) is 25.1 Å². The molecule has 2 heterocycles. The molecule has 1 aliphatic rings. The zero-order valence-electron chi connectivity index (χ0n) is 9.61. The summed E-state index contributed by atoms with van der Waals surface area (Å²) in [7, 11) is 4.22. The normalized spacial score (nSPS) is 21.4. The van der Waals surface area contributed by atoms with Crippen molar-refractivity contribution < 1.29 is 0 Å². The van der Waals surface area contributed by atoms with E-state index in [0.29, 0.717) is 6.04 Å². The van der Waals surface area contributed by atoms with Crippen LogP contribution in [0.15, 0.2) is 12.5 Å². The number of likely N-dealkylation sites (N-methyl/N-ethyl adjacent to an activating group) is 1. The maximum absolute atomic E-state index is 4.13. The van der Waals surface area contributed by atoms with Crippen molar-refractivity contribution in [2.24, 2.45) is 7.05 Å². The molecule has 0 aromatic carbocycles. The van der Waals surface area contributed by atoms with Crippen LogP contribution in [0.1, 0.15) is 18.5 Å². The summed E-state index contributed by atoms with van der Waals surface area (Å²) in [4.78, 5) is 6.49. The van der Waals surface area contributed by atoms with Crippen LogP contribution in [0.2, 0.25) is 0 Å². The van der Waals surface area contributed by atoms with Gasteiger partial charge in [0.2, 0.25) is 0 Å². The monoisotopic (exact) mass is 208 g/mol. The minimum absolute atomic E-state index is 0.684. The average molecular weight is 208 g/mol. The third-order valence-electron chi connectivity index (χ3n) is 3.04. The Bertz CT molecular complexity index is 301. The van der Waals surface area contributed by atoms with Gasteiger partial charge in [-0.3, -0.25) is 4.90 Å². The Morgan fingerprint density at radius 3 is 3.13 bits per heavy atom. The summed E-state index contributed by atoms with van der Waals surface area (Å²) in [6.07, 6.45) is 6.44. The molecule has 15 heavy (non-hydrogen) atoms. The van der Waals surface area contributed by atoms with E-state index in [4.69, 9.17) is 0 Å². The lowest BCUT2D eigenvalue weighted by atomic mass is 10.2. The fourth-order valence-corrected chi connectivity index (χ4v) is 2.17. The van der Waals surface area contributed by atoms with Crippen molar-refractivity contribution in [3.05, 3.63) is 18.2 Å². The van der Waals surface area contributed by atoms with Gasteiger partial charge in [0.15, 0.2) is 0 Å². The predicted molar refractivity (Wildman–Crippen MR) is 60.6 cm³/mol. The van der Waals surface area contributed by atoms with Crippen molar-refractivity contribution in [1.82, 2.24) is 19.8 Å². The van der Waals surface area contributed by atoms with Crippen molar-refractivity contribution in [3.63, 3.8) is 0 Å². The zero-order valence-corrected chi connectivity index (χ0v) is 9.61. The van der Waals surface area contributed by atoms with Gasteiger partial charge in [0, 0.05) is 32.4 Å². The van der Waals surface area contributed by atoms with Crippen LogP contribution in [0.4, 0.5) is 0 Å². The summed E-state index contributed by atoms with van der Waals surface area (Å²) in [5, 5.41) is 3.52. The van der Waals surface area contributed by atoms with Crippen molar-refractivity contribution in [2.75, 3.05) is 20.1 Å². The summed E-state index contributed by atoms with van der Waals surface area (Å²) >= 11 is 0. The molecule has 4 nitrogen and oxygen atoms in total. The van der Waals surface area contributed by atoms with E-state index >= 15 is 0 Å². The Kier molecular flexibility index (Phi) is 3.38. The van der Waals surface area contributed by atoms with Crippen LogP contribution in [0.5, 0.6) is 0 Å². The molecule has 1 aromatic heterocycles. The van der Waals surface area contributed by atoms with Gasteiger partial charge in [-0.15, -0.1) is 0 Å². The van der Waals surface area contributed by atoms with Gasteiger partial charge in [-0.1, -0.05) is 0 Å². The highest BCUT2D eigenvalue weighted by atomic mass is 15.2. The molecule has 0 amide bonds. The first kappa shape index (κ1) is 10.6. The van der Waals surface area contributed by atoms with Crippen LogP contribution in [0.25, 0.3) is 0 Å². The highest BCUT2D eigenvalue weighted by Crippen LogP contribution is 2.08. The van der Waals surface area contributed by atoms with Gasteiger partial charge in [-0.25, -0.2) is 4.98 Å². The molecule has 1 N–H and O–H groups in total. The highest BCUT2D eigenvalue weighted by molar-refractivity contribution is 4.97. The lowest BCUT2D eigenvalue weighted by Crippen LogP contribution is -2.35. The molecular formula is C11H20N4. The minimum atomic E-state index is 0.684. The number of aryl methyl sites for hydroxylation is 1. The standard InChI is InChI=1S/C11H20N4/c1-14(7-10-4-3-5-13-10)8-11-6-12-9-15(11)2/h6,9-10,13H,3-5,7-8H2,1-2H3. The molecule has 1 unspecified atom stereocenters. The van der Waals surface area contributed by atoms with Gasteiger partial charge in [-0.2, -0.15) is 0 Å². The highest BCUT2D eigenvalue weighted by Gasteiger charge is 2.16. The SMILES string of the molecule is CN(Cc1cncn1C)CC1CCCN1. The van der Waals surface area contributed by atoms with E-state index in [2.05, 4.69) is 26.8 Å². The van der Waals surface area contributed by atoms with E-state index in [1.807, 2.05) is 19.6 Å². The molecule has 0 aliphatic carbocycles. The predicted octanol–water partition coefficient (Wildman–Crippen LogP) is 0.604. The molecule has 0 radical (unpaired) electrons. The first-order valence-electron chi connectivity index (χ1n) is 5.63. The van der Waals surface area contributed by atoms with E-state index in [1.54, 1.807) is 0 Å². The van der Waals surface area contributed by atoms with Crippen LogP contribution in [-0.4, -0.2) is 40.6 Å². The lowest BCUT2D eigenvalue weighted by Gasteiger charge is -2.20. The largest absolute Gasteiger partial charge is 0.337 e. The summed E-state index contributed by atoms with van der Waals surface area (Å²) in [5.41, 5.74) is 1.27. The van der Waals surface area contributed by atoms with Crippen LogP contribution < -0.4 is 5.32 Å². The number of hydrogen-bond donors (Lipinski definition) is 1. The Hall–Kier alpha value is -0.870. The second-order valence-electron chi connectivity index (χ2n) is 4.49. The van der Waals surface area contributed by atoms with Gasteiger partial charge in [0.05, 0.1) is 12.0 Å². The molecular weight excluding hydrogens is 188 g/mol. The second-order valence-corrected chi connectivity index (χ2v) is 4.49. The molecule has 0 saturated carbocycles. The third-order valence-corrected chi connectivity index (χ3v) is 3.04. The third kappa shape index (κ3) is 2.79. The lowest BCUT2D eigenvalue weighted by molar-refractivity contribution is 0.287. The molecule has 0 bridgehead atoms. The average Bonchev–Trinajstić information content (AvgIpc) is 2.79. The molecule has 1 fully saturated rings. The fourth-order valence-electron chi connectivity index (χ4n) is 2.17. The van der Waals surface area contributed by atoms with Crippen molar-refractivity contribution in [2.45, 2.75) is 25.4 Å². The van der Waals surface area contributed by atoms with Crippen molar-refractivity contribution in [3.8, 4) is 0 Å². The van der Waals surface area contributed by atoms with Gasteiger partial charge in [0.25, 0.3) is 0 Å². The van der Waals surface area contributed by atoms with Crippen LogP contribution >= 0.6 is 0 Å². The molecule has 1 aromatic rings. The van der Waals surface area contributed by atoms with Gasteiger partial charge >= 0.3 is 0 Å². The van der Waals surface area contributed by atoms with Crippen molar-refractivity contribution >= 4 is 0 Å². The summed E-state index contributed by atoms with van der Waals surface area (Å²) in [6, 6.07) is 0.684. The maximum atomic E-state index is 4.13. The molecule has 1 atom stereocenters. The fraction of sp³-hybridized carbons (Fsp3) is 0.727. The topological polar surface area (TPSA) is 33.1 Å². The number of nitrogens with zero attached hydrogens (tertiary/aromatic N) is 3. The van der Waals surface area contributed by atoms with Crippen LogP contribution in [0.3, 0.4) is 0 Å². The summed E-state index contributed by atoms with van der Waals surface area (Å²) < 4.78 is 2.08. The maximum Gasteiger partial charge on any atom is 0.0945 e. The summed E-state index contributed by atoms with van der Waals surface area (Å²) in [5.74, 6) is 0. The molecule has 0 spiro atoms. The quantitative estimate of drug-likeness (QED) is 0.787. The van der Waals surface area contributed by atoms with Gasteiger partial charge in [0.1, 0.15) is 0 Å². The van der Waals surface area contributed by atoms with Crippen LogP contribution in [-0.2, 0) is 13.6 Å². The van der Waals surface area contributed by atoms with E-state index in [0.717, 1.165) is 13.1 Å². The first-order valence-corrected chi connectivity index (χ1v) is 5.63. The Morgan fingerprint density at radius 1 is 1.67 bits per heavy atom. The minimum Gasteiger partial charge on any atom is -0.337 e. The Morgan fingerprint density at radius 2 is 2.53 bits per heavy atom. The number of nitrogens with one attached hydrogen (secondary N) is 1. The number of imidazole rings is 1. The van der Waals surface area contributed by atoms with E-state index < -0.39 is 0 Å². The number of aromatic nitrogens is 2. The first-order chi connectivity index (χ1) is 7.25. The number of hydrogen-bond acceptors (Lipinski definition) is 3. The second kappa shape index (κ2) is 4.77. The molecule has 4 heteroatoms. The smallest absolute Gasteiger partial charge is 0.0945 e. The van der Waals surface area contributed by atoms with Crippen molar-refractivity contribution in [1.29, 1.82) is 0 Å². The molecule has 2 rings (SSSR count).